The lowest BCUT2D eigenvalue weighted by Gasteiger charge is -2.21. The second-order valence-electron chi connectivity index (χ2n) is 3.50. The van der Waals surface area contributed by atoms with Crippen molar-refractivity contribution in [2.24, 2.45) is 0 Å². The molecule has 0 saturated carbocycles. The molecule has 15 heavy (non-hydrogen) atoms. The number of halogens is 3. The van der Waals surface area contributed by atoms with Gasteiger partial charge in [0.05, 0.1) is 0 Å². The van der Waals surface area contributed by atoms with Crippen LogP contribution in [0.1, 0.15) is 15.9 Å². The first kappa shape index (κ1) is 10.1. The summed E-state index contributed by atoms with van der Waals surface area (Å²) in [5.74, 6) is -0.418. The third-order valence-corrected chi connectivity index (χ3v) is 2.44. The van der Waals surface area contributed by atoms with Crippen LogP contribution in [-0.2, 0) is 6.42 Å². The Kier molecular flexibility index (Phi) is 2.21. The monoisotopic (exact) mass is 214 g/mol. The van der Waals surface area contributed by atoms with Gasteiger partial charge in [0.1, 0.15) is 0 Å². The summed E-state index contributed by atoms with van der Waals surface area (Å²) in [5.41, 5.74) is 0.117. The molecule has 2 nitrogen and oxygen atoms in total. The number of hydrogen-bond acceptors (Lipinski definition) is 1. The zero-order valence-corrected chi connectivity index (χ0v) is 7.77. The fourth-order valence-electron chi connectivity index (χ4n) is 1.63. The molecule has 0 atom stereocenters. The van der Waals surface area contributed by atoms with Crippen molar-refractivity contribution in [1.29, 1.82) is 0 Å². The molecule has 1 aliphatic heterocycles. The Morgan fingerprint density at radius 3 is 2.67 bits per heavy atom. The maximum absolute atomic E-state index is 12.4. The van der Waals surface area contributed by atoms with E-state index in [0.29, 0.717) is 18.5 Å². The predicted octanol–water partition coefficient (Wildman–Crippen LogP) is 1.03. The lowest BCUT2D eigenvalue weighted by Crippen LogP contribution is -2.38. The van der Waals surface area contributed by atoms with Crippen LogP contribution in [0.3, 0.4) is 0 Å². The van der Waals surface area contributed by atoms with Crippen molar-refractivity contribution in [3.63, 3.8) is 0 Å². The zero-order chi connectivity index (χ0) is 11.1. The molecule has 0 bridgehead atoms. The normalized spacial score (nSPS) is 15.8. The summed E-state index contributed by atoms with van der Waals surface area (Å²) in [4.78, 5) is 11.3. The van der Waals surface area contributed by atoms with Gasteiger partial charge in [-0.1, -0.05) is 18.2 Å². The molecule has 1 amide bonds. The second-order valence-corrected chi connectivity index (χ2v) is 3.50. The predicted molar refractivity (Wildman–Crippen MR) is 51.2 cm³/mol. The van der Waals surface area contributed by atoms with E-state index in [1.54, 1.807) is 0 Å². The Morgan fingerprint density at radius 1 is 1.27 bits per heavy atom. The first-order valence-electron chi connectivity index (χ1n) is 4.59. The zero-order valence-electron chi connectivity index (χ0n) is 7.77. The minimum absolute atomic E-state index is 0.151. The Labute approximate surface area is 84.5 Å². The van der Waals surface area contributed by atoms with Gasteiger partial charge in [0.25, 0.3) is 5.91 Å². The molecule has 0 radical (unpaired) electrons. The maximum Gasteiger partial charge on any atom is 0.509 e. The first-order chi connectivity index (χ1) is 6.98. The molecule has 1 aliphatic rings. The van der Waals surface area contributed by atoms with E-state index < -0.39 is 18.3 Å². The Balaban J connectivity index is 2.49. The Morgan fingerprint density at radius 2 is 2.00 bits per heavy atom. The molecule has 6 heteroatoms. The van der Waals surface area contributed by atoms with E-state index in [1.165, 1.54) is 6.07 Å². The van der Waals surface area contributed by atoms with Crippen LogP contribution in [0.25, 0.3) is 0 Å². The van der Waals surface area contributed by atoms with Crippen LogP contribution in [0.15, 0.2) is 18.2 Å². The fourth-order valence-corrected chi connectivity index (χ4v) is 1.63. The van der Waals surface area contributed by atoms with E-state index in [2.05, 4.69) is 5.32 Å². The molecule has 1 aromatic carbocycles. The van der Waals surface area contributed by atoms with E-state index in [4.69, 9.17) is 0 Å². The van der Waals surface area contributed by atoms with Crippen LogP contribution < -0.4 is 10.8 Å². The van der Waals surface area contributed by atoms with Crippen molar-refractivity contribution in [1.82, 2.24) is 5.32 Å². The fraction of sp³-hybridized carbons (Fsp3) is 0.222. The van der Waals surface area contributed by atoms with Crippen LogP contribution >= 0.6 is 0 Å². The molecule has 1 heterocycles. The van der Waals surface area contributed by atoms with Crippen molar-refractivity contribution in [2.75, 3.05) is 6.54 Å². The molecule has 0 aromatic heterocycles. The van der Waals surface area contributed by atoms with Gasteiger partial charge in [-0.25, -0.2) is 0 Å². The lowest BCUT2D eigenvalue weighted by molar-refractivity contribution is 0.0946. The van der Waals surface area contributed by atoms with Gasteiger partial charge in [-0.3, -0.25) is 4.79 Å². The molecule has 0 spiro atoms. The molecule has 0 saturated heterocycles. The smallest absolute Gasteiger partial charge is 0.445 e. The molecule has 0 aliphatic carbocycles. The van der Waals surface area contributed by atoms with E-state index in [0.717, 1.165) is 12.1 Å². The highest BCUT2D eigenvalue weighted by Gasteiger charge is 2.27. The number of fused-ring (bicyclic) bond motifs is 1. The number of nitrogens with one attached hydrogen (secondary N) is 1. The third-order valence-electron chi connectivity index (χ3n) is 2.44. The SMILES string of the molecule is O=C1NCCc2ccc([B-](F)(F)F)cc21. The first-order valence-corrected chi connectivity index (χ1v) is 4.59. The Bertz CT molecular complexity index is 416. The molecular formula is C9H8BF3NO-. The van der Waals surface area contributed by atoms with E-state index >= 15 is 0 Å². The molecule has 80 valence electrons. The lowest BCUT2D eigenvalue weighted by atomic mass is 9.78. The van der Waals surface area contributed by atoms with Crippen LogP contribution in [0.5, 0.6) is 0 Å². The van der Waals surface area contributed by atoms with Gasteiger partial charge in [-0.2, -0.15) is 0 Å². The highest BCUT2D eigenvalue weighted by molar-refractivity contribution is 6.73. The average Bonchev–Trinajstić information content (AvgIpc) is 2.16. The summed E-state index contributed by atoms with van der Waals surface area (Å²) in [6.07, 6.45) is 0.589. The van der Waals surface area contributed by atoms with Crippen molar-refractivity contribution in [2.45, 2.75) is 6.42 Å². The van der Waals surface area contributed by atoms with Gasteiger partial charge in [-0.15, -0.1) is 5.46 Å². The van der Waals surface area contributed by atoms with Crippen LogP contribution in [-0.4, -0.2) is 19.4 Å². The van der Waals surface area contributed by atoms with Gasteiger partial charge < -0.3 is 18.3 Å². The second kappa shape index (κ2) is 3.29. The minimum atomic E-state index is -5.03. The number of carbonyl (C=O) groups is 1. The van der Waals surface area contributed by atoms with Crippen LogP contribution in [0, 0.1) is 0 Å². The molecular weight excluding hydrogens is 206 g/mol. The third kappa shape index (κ3) is 1.84. The van der Waals surface area contributed by atoms with Gasteiger partial charge >= 0.3 is 6.98 Å². The molecule has 0 unspecified atom stereocenters. The number of amides is 1. The minimum Gasteiger partial charge on any atom is -0.445 e. The van der Waals surface area contributed by atoms with Gasteiger partial charge in [0.2, 0.25) is 0 Å². The molecule has 0 fully saturated rings. The van der Waals surface area contributed by atoms with E-state index in [9.17, 15) is 17.7 Å². The number of hydrogen-bond donors (Lipinski definition) is 1. The standard InChI is InChI=1S/C9H8BF3NO/c11-10(12,13)7-2-1-6-3-4-14-9(15)8(6)5-7/h1-2,5H,3-4H2,(H,14,15)/q-1. The Hall–Kier alpha value is -1.46. The topological polar surface area (TPSA) is 29.1 Å². The highest BCUT2D eigenvalue weighted by Crippen LogP contribution is 2.16. The van der Waals surface area contributed by atoms with Gasteiger partial charge in [0, 0.05) is 12.1 Å². The van der Waals surface area contributed by atoms with Gasteiger partial charge in [0.15, 0.2) is 0 Å². The van der Waals surface area contributed by atoms with E-state index in [-0.39, 0.29) is 5.56 Å². The number of benzene rings is 1. The summed E-state index contributed by atoms with van der Waals surface area (Å²) in [6.45, 7) is -4.54. The van der Waals surface area contributed by atoms with Crippen molar-refractivity contribution in [3.05, 3.63) is 29.3 Å². The van der Waals surface area contributed by atoms with Crippen molar-refractivity contribution in [3.8, 4) is 0 Å². The quantitative estimate of drug-likeness (QED) is 0.695. The van der Waals surface area contributed by atoms with Crippen LogP contribution in [0.4, 0.5) is 12.9 Å². The van der Waals surface area contributed by atoms with Gasteiger partial charge in [-0.05, 0) is 12.0 Å². The largest absolute Gasteiger partial charge is 0.509 e. The summed E-state index contributed by atoms with van der Waals surface area (Å²) in [6, 6.07) is 3.36. The molecule has 1 aromatic rings. The highest BCUT2D eigenvalue weighted by atomic mass is 19.4. The molecule has 2 rings (SSSR count). The van der Waals surface area contributed by atoms with Crippen LogP contribution in [0.2, 0.25) is 0 Å². The summed E-state index contributed by atoms with van der Waals surface area (Å²) < 4.78 is 37.2. The maximum atomic E-state index is 12.4. The van der Waals surface area contributed by atoms with Crippen molar-refractivity contribution < 1.29 is 17.7 Å². The summed E-state index contributed by atoms with van der Waals surface area (Å²) in [7, 11) is 0. The summed E-state index contributed by atoms with van der Waals surface area (Å²) in [5, 5.41) is 2.52. The molecule has 1 N–H and O–H groups in total. The van der Waals surface area contributed by atoms with E-state index in [1.807, 2.05) is 0 Å². The van der Waals surface area contributed by atoms with Crippen molar-refractivity contribution >= 4 is 18.3 Å². The number of rotatable bonds is 1. The number of carbonyl (C=O) groups excluding carboxylic acids is 1. The average molecular weight is 214 g/mol. The summed E-state index contributed by atoms with van der Waals surface area (Å²) >= 11 is 0.